The highest BCUT2D eigenvalue weighted by atomic mass is 16.3. The van der Waals surface area contributed by atoms with Crippen molar-refractivity contribution >= 4 is 24.3 Å². The van der Waals surface area contributed by atoms with Crippen molar-refractivity contribution in [3.05, 3.63) is 29.2 Å². The van der Waals surface area contributed by atoms with Crippen LogP contribution in [0.25, 0.3) is 18.6 Å². The van der Waals surface area contributed by atoms with E-state index in [1.165, 1.54) is 6.33 Å². The Morgan fingerprint density at radius 3 is 2.74 bits per heavy atom. The largest absolute Gasteiger partial charge is 0.390 e. The summed E-state index contributed by atoms with van der Waals surface area (Å²) in [5.74, 6) is 1.65. The highest BCUT2D eigenvalue weighted by Gasteiger charge is 2.40. The van der Waals surface area contributed by atoms with Crippen LogP contribution in [0.4, 0.5) is 5.82 Å². The van der Waals surface area contributed by atoms with E-state index >= 15 is 0 Å². The third kappa shape index (κ3) is 3.98. The maximum Gasteiger partial charge on any atom is 0.159 e. The van der Waals surface area contributed by atoms with Gasteiger partial charge in [0.15, 0.2) is 5.82 Å². The number of hydrogen-bond acceptors (Lipinski definition) is 7. The Hall–Kier alpha value is -3.05. The Morgan fingerprint density at radius 1 is 1.39 bits per heavy atom. The number of anilines is 1. The summed E-state index contributed by atoms with van der Waals surface area (Å²) >= 11 is 0. The van der Waals surface area contributed by atoms with Gasteiger partial charge in [-0.15, -0.1) is 0 Å². The van der Waals surface area contributed by atoms with E-state index < -0.39 is 11.0 Å². The Kier molecular flexibility index (Phi) is 5.40. The average molecular weight is 420 g/mol. The standard InChI is InChI=1S/C23H29N7O/c1-16-18(11-25-17(2)23(14-24)7-5-8-23)12-28-30(16)21-10-20(26-15-27-21)29-9-6-19(13-29)22(3,4)31/h10-12,15,19,31H,1,5-9,13H2,2-4H3/b18-11-,25-17?/t19-/m1/s1. The molecule has 31 heavy (non-hydrogen) atoms. The second-order valence-electron chi connectivity index (χ2n) is 9.17. The topological polar surface area (TPSA) is 103 Å². The lowest BCUT2D eigenvalue weighted by Gasteiger charge is -2.34. The maximum atomic E-state index is 10.3. The smallest absolute Gasteiger partial charge is 0.159 e. The van der Waals surface area contributed by atoms with Crippen LogP contribution in [0.15, 0.2) is 23.6 Å². The first-order chi connectivity index (χ1) is 14.7. The maximum absolute atomic E-state index is 10.3. The van der Waals surface area contributed by atoms with E-state index in [0.29, 0.717) is 11.2 Å². The van der Waals surface area contributed by atoms with Gasteiger partial charge < -0.3 is 10.0 Å². The van der Waals surface area contributed by atoms with Crippen molar-refractivity contribution in [1.82, 2.24) is 19.7 Å². The summed E-state index contributed by atoms with van der Waals surface area (Å²) in [6.45, 7) is 11.4. The van der Waals surface area contributed by atoms with Gasteiger partial charge in [0, 0.05) is 42.2 Å². The summed E-state index contributed by atoms with van der Waals surface area (Å²) < 4.78 is 1.68. The fourth-order valence-electron chi connectivity index (χ4n) is 4.24. The van der Waals surface area contributed by atoms with Crippen LogP contribution in [-0.2, 0) is 0 Å². The molecule has 1 aliphatic carbocycles. The van der Waals surface area contributed by atoms with Crippen molar-refractivity contribution in [2.24, 2.45) is 16.3 Å². The molecule has 8 heteroatoms. The van der Waals surface area contributed by atoms with Crippen LogP contribution in [0.2, 0.25) is 0 Å². The molecular weight excluding hydrogens is 390 g/mol. The average Bonchev–Trinajstić information content (AvgIpc) is 3.33. The summed E-state index contributed by atoms with van der Waals surface area (Å²) in [6.07, 6.45) is 8.71. The molecule has 4 rings (SSSR count). The minimum atomic E-state index is -0.708. The quantitative estimate of drug-likeness (QED) is 0.738. The normalized spacial score (nSPS) is 21.8. The third-order valence-electron chi connectivity index (χ3n) is 6.78. The van der Waals surface area contributed by atoms with Gasteiger partial charge in [0.2, 0.25) is 0 Å². The molecule has 1 aliphatic heterocycles. The van der Waals surface area contributed by atoms with Crippen LogP contribution >= 0.6 is 0 Å². The van der Waals surface area contributed by atoms with Crippen LogP contribution in [-0.4, -0.2) is 49.3 Å². The molecule has 2 fully saturated rings. The lowest BCUT2D eigenvalue weighted by molar-refractivity contribution is 0.0263. The monoisotopic (exact) mass is 419 g/mol. The van der Waals surface area contributed by atoms with Gasteiger partial charge in [0.1, 0.15) is 12.1 Å². The van der Waals surface area contributed by atoms with Gasteiger partial charge in [-0.2, -0.15) is 10.4 Å². The Morgan fingerprint density at radius 2 is 2.13 bits per heavy atom. The lowest BCUT2D eigenvalue weighted by atomic mass is 9.67. The molecule has 8 nitrogen and oxygen atoms in total. The molecule has 0 radical (unpaired) electrons. The van der Waals surface area contributed by atoms with Gasteiger partial charge in [0.25, 0.3) is 0 Å². The molecule has 0 aromatic carbocycles. The number of aliphatic hydroxyl groups is 1. The van der Waals surface area contributed by atoms with E-state index in [0.717, 1.165) is 55.5 Å². The van der Waals surface area contributed by atoms with Gasteiger partial charge >= 0.3 is 0 Å². The number of rotatable bonds is 5. The fourth-order valence-corrected chi connectivity index (χ4v) is 4.24. The molecule has 1 atom stereocenters. The van der Waals surface area contributed by atoms with E-state index in [-0.39, 0.29) is 5.92 Å². The third-order valence-corrected chi connectivity index (χ3v) is 6.78. The van der Waals surface area contributed by atoms with E-state index in [4.69, 9.17) is 0 Å². The van der Waals surface area contributed by atoms with Crippen molar-refractivity contribution in [1.29, 1.82) is 5.26 Å². The van der Waals surface area contributed by atoms with E-state index in [1.54, 1.807) is 17.1 Å². The summed E-state index contributed by atoms with van der Waals surface area (Å²) in [6, 6.07) is 4.31. The van der Waals surface area contributed by atoms with Crippen molar-refractivity contribution in [2.45, 2.75) is 52.1 Å². The van der Waals surface area contributed by atoms with Crippen molar-refractivity contribution in [3.8, 4) is 11.9 Å². The molecule has 1 saturated heterocycles. The van der Waals surface area contributed by atoms with E-state index in [1.807, 2.05) is 26.8 Å². The first-order valence-corrected chi connectivity index (χ1v) is 10.7. The highest BCUT2D eigenvalue weighted by Crippen LogP contribution is 2.41. The van der Waals surface area contributed by atoms with Gasteiger partial charge in [-0.1, -0.05) is 6.58 Å². The van der Waals surface area contributed by atoms with Gasteiger partial charge in [-0.05, 0) is 46.5 Å². The molecular formula is C23H29N7O. The van der Waals surface area contributed by atoms with Crippen molar-refractivity contribution in [3.63, 3.8) is 0 Å². The van der Waals surface area contributed by atoms with Gasteiger partial charge in [-0.3, -0.25) is 4.99 Å². The van der Waals surface area contributed by atoms with E-state index in [9.17, 15) is 10.4 Å². The lowest BCUT2D eigenvalue weighted by Crippen LogP contribution is -2.35. The minimum absolute atomic E-state index is 0.202. The zero-order valence-electron chi connectivity index (χ0n) is 18.4. The molecule has 0 amide bonds. The molecule has 0 unspecified atom stereocenters. The molecule has 0 spiro atoms. The molecule has 2 aromatic rings. The molecule has 2 aliphatic rings. The predicted molar refractivity (Wildman–Crippen MR) is 120 cm³/mol. The zero-order chi connectivity index (χ0) is 22.2. The number of nitriles is 1. The van der Waals surface area contributed by atoms with Crippen molar-refractivity contribution < 1.29 is 5.11 Å². The van der Waals surface area contributed by atoms with Crippen LogP contribution < -0.4 is 15.5 Å². The first kappa shape index (κ1) is 21.2. The van der Waals surface area contributed by atoms with Crippen LogP contribution in [0, 0.1) is 22.7 Å². The summed E-state index contributed by atoms with van der Waals surface area (Å²) in [5, 5.41) is 25.7. The molecule has 2 aromatic heterocycles. The summed E-state index contributed by atoms with van der Waals surface area (Å²) in [7, 11) is 0. The summed E-state index contributed by atoms with van der Waals surface area (Å²) in [5.41, 5.74) is -0.278. The Bertz CT molecular complexity index is 1150. The van der Waals surface area contributed by atoms with Gasteiger partial charge in [-0.25, -0.2) is 14.6 Å². The number of nitrogens with zero attached hydrogens (tertiary/aromatic N) is 7. The van der Waals surface area contributed by atoms with Gasteiger partial charge in [0.05, 0.1) is 28.6 Å². The fraction of sp³-hybridized carbons (Fsp3) is 0.522. The molecule has 1 saturated carbocycles. The van der Waals surface area contributed by atoms with Crippen LogP contribution in [0.5, 0.6) is 0 Å². The molecule has 3 heterocycles. The first-order valence-electron chi connectivity index (χ1n) is 10.7. The minimum Gasteiger partial charge on any atom is -0.390 e. The zero-order valence-corrected chi connectivity index (χ0v) is 18.4. The second-order valence-corrected chi connectivity index (χ2v) is 9.17. The highest BCUT2D eigenvalue weighted by molar-refractivity contribution is 5.92. The number of hydrogen-bond donors (Lipinski definition) is 1. The molecule has 162 valence electrons. The van der Waals surface area contributed by atoms with Crippen molar-refractivity contribution in [2.75, 3.05) is 18.0 Å². The number of aromatic nitrogens is 4. The Labute approximate surface area is 182 Å². The van der Waals surface area contributed by atoms with E-state index in [2.05, 4.69) is 37.6 Å². The number of aliphatic imine (C=N–C) groups is 1. The van der Waals surface area contributed by atoms with Crippen LogP contribution in [0.1, 0.15) is 46.5 Å². The summed E-state index contributed by atoms with van der Waals surface area (Å²) in [4.78, 5) is 15.5. The molecule has 0 bridgehead atoms. The second kappa shape index (κ2) is 7.89. The SMILES string of the molecule is C=c1/c(=C\N=C(C)C2(C#N)CCC2)cnn1-c1cc(N2CC[C@@H](C(C)(C)O)C2)ncn1. The predicted octanol–water partition coefficient (Wildman–Crippen LogP) is 1.56. The molecule has 1 N–H and O–H groups in total. The Balaban J connectivity index is 1.58. The van der Waals surface area contributed by atoms with Crippen LogP contribution in [0.3, 0.4) is 0 Å².